The summed E-state index contributed by atoms with van der Waals surface area (Å²) in [6, 6.07) is 16.2. The third-order valence-electron chi connectivity index (χ3n) is 4.32. The fourth-order valence-electron chi connectivity index (χ4n) is 2.93. The van der Waals surface area contributed by atoms with E-state index in [2.05, 4.69) is 53.7 Å². The Morgan fingerprint density at radius 2 is 1.23 bits per heavy atom. The predicted octanol–water partition coefficient (Wildman–Crippen LogP) is 7.87. The molecule has 166 valence electrons. The van der Waals surface area contributed by atoms with E-state index in [4.69, 9.17) is 0 Å². The molecular formula is C27H38N4. The van der Waals surface area contributed by atoms with Crippen molar-refractivity contribution in [1.82, 2.24) is 19.9 Å². The maximum Gasteiger partial charge on any atom is 0.131 e. The fraction of sp³-hybridized carbons (Fsp3) is 0.407. The molecule has 2 aromatic heterocycles. The Kier molecular flexibility index (Phi) is 11.3. The second-order valence-electron chi connectivity index (χ2n) is 7.27. The summed E-state index contributed by atoms with van der Waals surface area (Å²) in [6.45, 7) is 18.5. The van der Waals surface area contributed by atoms with E-state index in [9.17, 15) is 0 Å². The Hall–Kier alpha value is -2.88. The Balaban J connectivity index is 0.000000268. The van der Waals surface area contributed by atoms with Gasteiger partial charge in [-0.3, -0.25) is 0 Å². The van der Waals surface area contributed by atoms with Crippen molar-refractivity contribution in [3.8, 4) is 0 Å². The van der Waals surface area contributed by atoms with Crippen LogP contribution in [0.4, 0.5) is 0 Å². The molecule has 2 aromatic carbocycles. The second-order valence-corrected chi connectivity index (χ2v) is 7.27. The van der Waals surface area contributed by atoms with Crippen LogP contribution in [0.5, 0.6) is 0 Å². The van der Waals surface area contributed by atoms with Crippen LogP contribution in [-0.2, 0) is 0 Å². The molecule has 0 aliphatic rings. The van der Waals surface area contributed by atoms with Gasteiger partial charge in [-0.2, -0.15) is 0 Å². The molecule has 0 fully saturated rings. The Bertz CT molecular complexity index is 1060. The molecule has 0 radical (unpaired) electrons. The van der Waals surface area contributed by atoms with E-state index in [0.717, 1.165) is 33.8 Å². The zero-order chi connectivity index (χ0) is 23.4. The van der Waals surface area contributed by atoms with Gasteiger partial charge in [-0.1, -0.05) is 91.8 Å². The van der Waals surface area contributed by atoms with Gasteiger partial charge in [-0.05, 0) is 25.0 Å². The molecule has 0 N–H and O–H groups in total. The molecule has 0 bridgehead atoms. The van der Waals surface area contributed by atoms with Crippen LogP contribution in [0.2, 0.25) is 0 Å². The average molecular weight is 419 g/mol. The molecular weight excluding hydrogens is 380 g/mol. The molecule has 0 aliphatic carbocycles. The minimum absolute atomic E-state index is 0.393. The highest BCUT2D eigenvalue weighted by atomic mass is 14.9. The molecule has 4 aromatic rings. The van der Waals surface area contributed by atoms with Gasteiger partial charge in [0.1, 0.15) is 11.6 Å². The minimum Gasteiger partial charge on any atom is -0.240 e. The first-order valence-electron chi connectivity index (χ1n) is 11.4. The quantitative estimate of drug-likeness (QED) is 0.332. The molecule has 0 saturated heterocycles. The van der Waals surface area contributed by atoms with E-state index in [0.29, 0.717) is 11.8 Å². The van der Waals surface area contributed by atoms with E-state index in [1.807, 2.05) is 83.3 Å². The van der Waals surface area contributed by atoms with Crippen LogP contribution < -0.4 is 0 Å². The van der Waals surface area contributed by atoms with Crippen molar-refractivity contribution >= 4 is 21.8 Å². The lowest BCUT2D eigenvalue weighted by atomic mass is 10.0. The third kappa shape index (κ3) is 7.39. The SMILES string of the molecule is CC.CC.CC(C)c1ncc2ccccc2n1.Cc1nc(C(C)C)c2ccccc2n1. The number of fused-ring (bicyclic) bond motifs is 2. The standard InChI is InChI=1S/C12H14N2.C11H12N2.2C2H6/c1-8(2)12-10-6-4-5-7-11(10)13-9(3)14-12;1-8(2)11-12-7-9-5-3-4-6-10(9)13-11;2*1-2/h4-8H,1-3H3;3-8H,1-2H3;2*1-2H3. The summed E-state index contributed by atoms with van der Waals surface area (Å²) in [7, 11) is 0. The zero-order valence-electron chi connectivity index (χ0n) is 20.6. The van der Waals surface area contributed by atoms with Crippen LogP contribution in [0.25, 0.3) is 21.8 Å². The number of hydrogen-bond acceptors (Lipinski definition) is 4. The summed E-state index contributed by atoms with van der Waals surface area (Å²) in [5.41, 5.74) is 3.22. The molecule has 2 heterocycles. The van der Waals surface area contributed by atoms with Crippen LogP contribution >= 0.6 is 0 Å². The highest BCUT2D eigenvalue weighted by molar-refractivity contribution is 5.81. The highest BCUT2D eigenvalue weighted by Gasteiger charge is 2.08. The fourth-order valence-corrected chi connectivity index (χ4v) is 2.93. The first-order chi connectivity index (χ1) is 15.0. The summed E-state index contributed by atoms with van der Waals surface area (Å²) in [6.07, 6.45) is 1.89. The molecule has 0 amide bonds. The number of hydrogen-bond donors (Lipinski definition) is 0. The lowest BCUT2D eigenvalue weighted by molar-refractivity contribution is 0.783. The zero-order valence-corrected chi connectivity index (χ0v) is 20.6. The summed E-state index contributed by atoms with van der Waals surface area (Å²) in [4.78, 5) is 17.7. The van der Waals surface area contributed by atoms with Gasteiger partial charge in [-0.25, -0.2) is 19.9 Å². The average Bonchev–Trinajstić information content (AvgIpc) is 2.81. The van der Waals surface area contributed by atoms with Crippen LogP contribution in [0, 0.1) is 6.92 Å². The number of aryl methyl sites for hydroxylation is 1. The lowest BCUT2D eigenvalue weighted by Gasteiger charge is -2.09. The van der Waals surface area contributed by atoms with Crippen molar-refractivity contribution < 1.29 is 0 Å². The van der Waals surface area contributed by atoms with Crippen molar-refractivity contribution in [1.29, 1.82) is 0 Å². The van der Waals surface area contributed by atoms with Gasteiger partial charge in [-0.15, -0.1) is 0 Å². The first-order valence-corrected chi connectivity index (χ1v) is 11.4. The van der Waals surface area contributed by atoms with Gasteiger partial charge in [0, 0.05) is 22.9 Å². The van der Waals surface area contributed by atoms with Crippen LogP contribution in [0.1, 0.15) is 84.6 Å². The summed E-state index contributed by atoms with van der Waals surface area (Å²) >= 11 is 0. The highest BCUT2D eigenvalue weighted by Crippen LogP contribution is 2.22. The van der Waals surface area contributed by atoms with Crippen molar-refractivity contribution in [3.05, 3.63) is 72.1 Å². The largest absolute Gasteiger partial charge is 0.240 e. The predicted molar refractivity (Wildman–Crippen MR) is 135 cm³/mol. The van der Waals surface area contributed by atoms with Crippen LogP contribution in [0.3, 0.4) is 0 Å². The number of rotatable bonds is 2. The van der Waals surface area contributed by atoms with E-state index in [1.54, 1.807) is 0 Å². The van der Waals surface area contributed by atoms with E-state index < -0.39 is 0 Å². The van der Waals surface area contributed by atoms with Crippen molar-refractivity contribution in [3.63, 3.8) is 0 Å². The van der Waals surface area contributed by atoms with E-state index >= 15 is 0 Å². The van der Waals surface area contributed by atoms with E-state index in [1.165, 1.54) is 5.39 Å². The summed E-state index contributed by atoms with van der Waals surface area (Å²) < 4.78 is 0. The van der Waals surface area contributed by atoms with Gasteiger partial charge < -0.3 is 0 Å². The number of aromatic nitrogens is 4. The molecule has 0 spiro atoms. The smallest absolute Gasteiger partial charge is 0.131 e. The Morgan fingerprint density at radius 1 is 0.645 bits per heavy atom. The number of benzene rings is 2. The maximum absolute atomic E-state index is 4.49. The molecule has 0 saturated carbocycles. The molecule has 4 rings (SSSR count). The van der Waals surface area contributed by atoms with Crippen molar-refractivity contribution in [2.75, 3.05) is 0 Å². The Labute approximate surface area is 188 Å². The Morgan fingerprint density at radius 3 is 1.84 bits per heavy atom. The van der Waals surface area contributed by atoms with Crippen LogP contribution in [0.15, 0.2) is 54.7 Å². The second kappa shape index (κ2) is 13.4. The molecule has 4 nitrogen and oxygen atoms in total. The van der Waals surface area contributed by atoms with Crippen molar-refractivity contribution in [2.24, 2.45) is 0 Å². The topological polar surface area (TPSA) is 51.6 Å². The maximum atomic E-state index is 4.49. The molecule has 4 heteroatoms. The third-order valence-corrected chi connectivity index (χ3v) is 4.32. The monoisotopic (exact) mass is 418 g/mol. The van der Waals surface area contributed by atoms with Gasteiger partial charge in [0.05, 0.1) is 16.7 Å². The van der Waals surface area contributed by atoms with Gasteiger partial charge in [0.25, 0.3) is 0 Å². The van der Waals surface area contributed by atoms with Crippen LogP contribution in [-0.4, -0.2) is 19.9 Å². The van der Waals surface area contributed by atoms with Crippen molar-refractivity contribution in [2.45, 2.75) is 74.1 Å². The number of para-hydroxylation sites is 2. The normalized spacial score (nSPS) is 10.0. The molecule has 0 unspecified atom stereocenters. The number of nitrogens with zero attached hydrogens (tertiary/aromatic N) is 4. The molecule has 0 aliphatic heterocycles. The summed E-state index contributed by atoms with van der Waals surface area (Å²) in [5.74, 6) is 2.61. The van der Waals surface area contributed by atoms with E-state index in [-0.39, 0.29) is 0 Å². The lowest BCUT2D eigenvalue weighted by Crippen LogP contribution is -1.99. The molecule has 31 heavy (non-hydrogen) atoms. The van der Waals surface area contributed by atoms with Gasteiger partial charge in [0.2, 0.25) is 0 Å². The first kappa shape index (κ1) is 26.2. The summed E-state index contributed by atoms with van der Waals surface area (Å²) in [5, 5.41) is 2.28. The van der Waals surface area contributed by atoms with Gasteiger partial charge in [0.15, 0.2) is 0 Å². The minimum atomic E-state index is 0.393. The molecule has 0 atom stereocenters. The van der Waals surface area contributed by atoms with Gasteiger partial charge >= 0.3 is 0 Å².